The van der Waals surface area contributed by atoms with E-state index < -0.39 is 5.97 Å². The van der Waals surface area contributed by atoms with Gasteiger partial charge in [0.2, 0.25) is 0 Å². The van der Waals surface area contributed by atoms with Gasteiger partial charge in [-0.3, -0.25) is 4.79 Å². The molecule has 94 valence electrons. The van der Waals surface area contributed by atoms with Crippen LogP contribution in [0.2, 0.25) is 0 Å². The molecule has 0 aliphatic heterocycles. The summed E-state index contributed by atoms with van der Waals surface area (Å²) in [6.45, 7) is 8.39. The molecule has 4 nitrogen and oxygen atoms in total. The third-order valence-electron chi connectivity index (χ3n) is 2.72. The smallest absolute Gasteiger partial charge is 0.311 e. The Hall–Kier alpha value is -2.10. The zero-order valence-electron chi connectivity index (χ0n) is 10.6. The molecule has 0 saturated heterocycles. The van der Waals surface area contributed by atoms with Gasteiger partial charge < -0.3 is 9.67 Å². The van der Waals surface area contributed by atoms with E-state index in [0.717, 1.165) is 22.2 Å². The van der Waals surface area contributed by atoms with Gasteiger partial charge in [0.1, 0.15) is 12.2 Å². The van der Waals surface area contributed by atoms with E-state index in [0.29, 0.717) is 12.4 Å². The second-order valence-corrected chi connectivity index (χ2v) is 4.63. The fraction of sp³-hybridized carbons (Fsp3) is 0.286. The van der Waals surface area contributed by atoms with Crippen molar-refractivity contribution in [2.75, 3.05) is 0 Å². The van der Waals surface area contributed by atoms with Crippen LogP contribution in [0.3, 0.4) is 0 Å². The number of benzene rings is 1. The van der Waals surface area contributed by atoms with Crippen molar-refractivity contribution in [1.82, 2.24) is 9.55 Å². The number of aliphatic carboxylic acids is 1. The average molecular weight is 244 g/mol. The summed E-state index contributed by atoms with van der Waals surface area (Å²) in [5.41, 5.74) is 3.89. The van der Waals surface area contributed by atoms with E-state index in [-0.39, 0.29) is 6.42 Å². The predicted octanol–water partition coefficient (Wildman–Crippen LogP) is 2.55. The van der Waals surface area contributed by atoms with Crippen molar-refractivity contribution in [3.63, 3.8) is 0 Å². The molecule has 0 saturated carbocycles. The normalized spacial score (nSPS) is 10.8. The highest BCUT2D eigenvalue weighted by molar-refractivity contribution is 5.78. The topological polar surface area (TPSA) is 55.1 Å². The maximum atomic E-state index is 10.9. The molecular weight excluding hydrogens is 228 g/mol. The molecule has 4 heteroatoms. The summed E-state index contributed by atoms with van der Waals surface area (Å²) in [7, 11) is 0. The largest absolute Gasteiger partial charge is 0.481 e. The molecule has 0 spiro atoms. The molecule has 0 amide bonds. The summed E-state index contributed by atoms with van der Waals surface area (Å²) < 4.78 is 1.92. The molecule has 0 aliphatic rings. The van der Waals surface area contributed by atoms with Crippen LogP contribution >= 0.6 is 0 Å². The van der Waals surface area contributed by atoms with Gasteiger partial charge in [-0.25, -0.2) is 4.98 Å². The molecule has 0 fully saturated rings. The van der Waals surface area contributed by atoms with Crippen LogP contribution in [0.4, 0.5) is 0 Å². The van der Waals surface area contributed by atoms with Crippen LogP contribution in [0.1, 0.15) is 18.3 Å². The Morgan fingerprint density at radius 1 is 1.50 bits per heavy atom. The highest BCUT2D eigenvalue weighted by Gasteiger charge is 2.13. The number of carboxylic acid groups (broad SMARTS) is 1. The van der Waals surface area contributed by atoms with Crippen molar-refractivity contribution in [3.05, 3.63) is 41.7 Å². The first-order valence-electron chi connectivity index (χ1n) is 5.79. The number of carbonyl (C=O) groups is 1. The van der Waals surface area contributed by atoms with Crippen molar-refractivity contribution in [2.24, 2.45) is 0 Å². The van der Waals surface area contributed by atoms with Crippen molar-refractivity contribution in [1.29, 1.82) is 0 Å². The molecule has 0 aliphatic carbocycles. The van der Waals surface area contributed by atoms with Gasteiger partial charge in [-0.2, -0.15) is 0 Å². The van der Waals surface area contributed by atoms with E-state index in [9.17, 15) is 4.79 Å². The van der Waals surface area contributed by atoms with Crippen LogP contribution in [0.5, 0.6) is 0 Å². The average Bonchev–Trinajstić information content (AvgIpc) is 2.54. The molecule has 1 N–H and O–H groups in total. The summed E-state index contributed by atoms with van der Waals surface area (Å²) in [4.78, 5) is 15.3. The third kappa shape index (κ3) is 2.42. The minimum absolute atomic E-state index is 0.0684. The maximum Gasteiger partial charge on any atom is 0.311 e. The van der Waals surface area contributed by atoms with Crippen LogP contribution in [0, 0.1) is 6.92 Å². The summed E-state index contributed by atoms with van der Waals surface area (Å²) in [5.74, 6) is -0.295. The number of rotatable bonds is 4. The van der Waals surface area contributed by atoms with Gasteiger partial charge in [-0.15, -0.1) is 0 Å². The number of fused-ring (bicyclic) bond motifs is 1. The van der Waals surface area contributed by atoms with Gasteiger partial charge in [0.05, 0.1) is 11.0 Å². The fourth-order valence-corrected chi connectivity index (χ4v) is 2.01. The van der Waals surface area contributed by atoms with Gasteiger partial charge >= 0.3 is 5.97 Å². The maximum absolute atomic E-state index is 10.9. The quantitative estimate of drug-likeness (QED) is 0.841. The predicted molar refractivity (Wildman–Crippen MR) is 70.6 cm³/mol. The van der Waals surface area contributed by atoms with Gasteiger partial charge in [0.15, 0.2) is 0 Å². The van der Waals surface area contributed by atoms with Crippen molar-refractivity contribution in [3.8, 4) is 0 Å². The molecular formula is C14H16N2O2. The van der Waals surface area contributed by atoms with Crippen LogP contribution < -0.4 is 0 Å². The van der Waals surface area contributed by atoms with Gasteiger partial charge in [0, 0.05) is 6.54 Å². The molecule has 1 aromatic heterocycles. The van der Waals surface area contributed by atoms with E-state index in [2.05, 4.69) is 11.6 Å². The van der Waals surface area contributed by atoms with Crippen LogP contribution in [0.15, 0.2) is 30.4 Å². The second kappa shape index (κ2) is 4.64. The molecule has 1 heterocycles. The van der Waals surface area contributed by atoms with E-state index in [1.54, 1.807) is 0 Å². The first-order valence-corrected chi connectivity index (χ1v) is 5.79. The lowest BCUT2D eigenvalue weighted by atomic mass is 10.2. The van der Waals surface area contributed by atoms with Crippen molar-refractivity contribution < 1.29 is 9.90 Å². The van der Waals surface area contributed by atoms with E-state index in [1.165, 1.54) is 0 Å². The number of hydrogen-bond acceptors (Lipinski definition) is 2. The molecule has 0 bridgehead atoms. The van der Waals surface area contributed by atoms with Gasteiger partial charge in [0.25, 0.3) is 0 Å². The number of aromatic nitrogens is 2. The zero-order valence-corrected chi connectivity index (χ0v) is 10.6. The first-order chi connectivity index (χ1) is 8.47. The van der Waals surface area contributed by atoms with Crippen LogP contribution in [-0.2, 0) is 17.8 Å². The Morgan fingerprint density at radius 2 is 2.22 bits per heavy atom. The van der Waals surface area contributed by atoms with Crippen LogP contribution in [0.25, 0.3) is 11.0 Å². The Labute approximate surface area is 106 Å². The van der Waals surface area contributed by atoms with Gasteiger partial charge in [-0.05, 0) is 31.5 Å². The number of nitrogens with zero attached hydrogens (tertiary/aromatic N) is 2. The number of imidazole rings is 1. The highest BCUT2D eigenvalue weighted by atomic mass is 16.4. The lowest BCUT2D eigenvalue weighted by Gasteiger charge is -2.07. The van der Waals surface area contributed by atoms with E-state index in [1.807, 2.05) is 36.6 Å². The number of carboxylic acids is 1. The summed E-state index contributed by atoms with van der Waals surface area (Å²) in [6, 6.07) is 5.95. The highest BCUT2D eigenvalue weighted by Crippen LogP contribution is 2.19. The molecule has 0 atom stereocenters. The molecule has 2 aromatic rings. The Balaban J connectivity index is 2.59. The first kappa shape index (κ1) is 12.4. The van der Waals surface area contributed by atoms with E-state index in [4.69, 9.17) is 5.11 Å². The fourth-order valence-electron chi connectivity index (χ4n) is 2.01. The third-order valence-corrected chi connectivity index (χ3v) is 2.72. The summed E-state index contributed by atoms with van der Waals surface area (Å²) in [5, 5.41) is 8.93. The molecule has 0 radical (unpaired) electrons. The zero-order chi connectivity index (χ0) is 13.3. The second-order valence-electron chi connectivity index (χ2n) is 4.63. The minimum atomic E-state index is -0.870. The Bertz CT molecular complexity index is 626. The minimum Gasteiger partial charge on any atom is -0.481 e. The lowest BCUT2D eigenvalue weighted by molar-refractivity contribution is -0.136. The number of allylic oxidation sites excluding steroid dienone is 1. The monoisotopic (exact) mass is 244 g/mol. The summed E-state index contributed by atoms with van der Waals surface area (Å²) in [6.07, 6.45) is -0.0684. The van der Waals surface area contributed by atoms with Crippen molar-refractivity contribution >= 4 is 17.0 Å². The van der Waals surface area contributed by atoms with E-state index >= 15 is 0 Å². The number of aryl methyl sites for hydroxylation is 1. The summed E-state index contributed by atoms with van der Waals surface area (Å²) >= 11 is 0. The van der Waals surface area contributed by atoms with Gasteiger partial charge in [-0.1, -0.05) is 18.2 Å². The Kier molecular flexibility index (Phi) is 3.19. The van der Waals surface area contributed by atoms with Crippen LogP contribution in [-0.4, -0.2) is 20.6 Å². The lowest BCUT2D eigenvalue weighted by Crippen LogP contribution is -2.09. The molecule has 2 rings (SSSR count). The SMILES string of the molecule is C=C(C)Cn1c(CC(=O)O)nc2cc(C)ccc21. The molecule has 0 unspecified atom stereocenters. The Morgan fingerprint density at radius 3 is 2.83 bits per heavy atom. The molecule has 18 heavy (non-hydrogen) atoms. The van der Waals surface area contributed by atoms with Crippen molar-refractivity contribution in [2.45, 2.75) is 26.8 Å². The standard InChI is InChI=1S/C14H16N2O2/c1-9(2)8-16-12-5-4-10(3)6-11(12)15-13(16)7-14(17)18/h4-6H,1,7-8H2,2-3H3,(H,17,18). The number of hydrogen-bond donors (Lipinski definition) is 1. The molecule has 1 aromatic carbocycles.